The SMILES string of the molecule is c1ccc(N2CCCC2)c(NC2CCNC2)c1. The highest BCUT2D eigenvalue weighted by Crippen LogP contribution is 2.29. The molecule has 1 aromatic rings. The van der Waals surface area contributed by atoms with Crippen molar-refractivity contribution in [2.45, 2.75) is 25.3 Å². The Bertz CT molecular complexity index is 365. The van der Waals surface area contributed by atoms with Gasteiger partial charge in [0.1, 0.15) is 0 Å². The molecular formula is C14H21N3. The van der Waals surface area contributed by atoms with Gasteiger partial charge in [-0.2, -0.15) is 0 Å². The summed E-state index contributed by atoms with van der Waals surface area (Å²) in [4.78, 5) is 2.50. The predicted octanol–water partition coefficient (Wildman–Crippen LogP) is 2.06. The van der Waals surface area contributed by atoms with Crippen molar-refractivity contribution in [2.75, 3.05) is 36.4 Å². The van der Waals surface area contributed by atoms with Crippen molar-refractivity contribution < 1.29 is 0 Å². The van der Waals surface area contributed by atoms with Gasteiger partial charge in [0.05, 0.1) is 11.4 Å². The maximum absolute atomic E-state index is 3.68. The van der Waals surface area contributed by atoms with Crippen molar-refractivity contribution in [2.24, 2.45) is 0 Å². The van der Waals surface area contributed by atoms with E-state index in [1.807, 2.05) is 0 Å². The monoisotopic (exact) mass is 231 g/mol. The summed E-state index contributed by atoms with van der Waals surface area (Å²) in [7, 11) is 0. The summed E-state index contributed by atoms with van der Waals surface area (Å²) in [6.07, 6.45) is 3.90. The Labute approximate surface area is 103 Å². The molecule has 1 aromatic carbocycles. The maximum atomic E-state index is 3.68. The van der Waals surface area contributed by atoms with Gasteiger partial charge in [-0.25, -0.2) is 0 Å². The van der Waals surface area contributed by atoms with E-state index in [2.05, 4.69) is 39.8 Å². The van der Waals surface area contributed by atoms with E-state index < -0.39 is 0 Å². The number of benzene rings is 1. The Hall–Kier alpha value is -1.22. The van der Waals surface area contributed by atoms with Crippen LogP contribution in [0.1, 0.15) is 19.3 Å². The number of hydrogen-bond acceptors (Lipinski definition) is 3. The van der Waals surface area contributed by atoms with Gasteiger partial charge in [0.15, 0.2) is 0 Å². The summed E-state index contributed by atoms with van der Waals surface area (Å²) in [6.45, 7) is 4.65. The molecule has 0 radical (unpaired) electrons. The van der Waals surface area contributed by atoms with Crippen LogP contribution in [0.4, 0.5) is 11.4 Å². The van der Waals surface area contributed by atoms with Crippen LogP contribution in [0.2, 0.25) is 0 Å². The van der Waals surface area contributed by atoms with Crippen LogP contribution in [0, 0.1) is 0 Å². The second kappa shape index (κ2) is 4.96. The summed E-state index contributed by atoms with van der Waals surface area (Å²) in [6, 6.07) is 9.33. The van der Waals surface area contributed by atoms with E-state index in [9.17, 15) is 0 Å². The number of hydrogen-bond donors (Lipinski definition) is 2. The van der Waals surface area contributed by atoms with E-state index in [-0.39, 0.29) is 0 Å². The average molecular weight is 231 g/mol. The van der Waals surface area contributed by atoms with Crippen molar-refractivity contribution in [1.29, 1.82) is 0 Å². The summed E-state index contributed by atoms with van der Waals surface area (Å²) < 4.78 is 0. The number of nitrogens with zero attached hydrogens (tertiary/aromatic N) is 1. The fraction of sp³-hybridized carbons (Fsp3) is 0.571. The molecule has 1 unspecified atom stereocenters. The van der Waals surface area contributed by atoms with Crippen molar-refractivity contribution in [3.63, 3.8) is 0 Å². The van der Waals surface area contributed by atoms with Crippen LogP contribution in [0.3, 0.4) is 0 Å². The molecule has 2 aliphatic rings. The lowest BCUT2D eigenvalue weighted by Gasteiger charge is -2.23. The molecule has 2 fully saturated rings. The lowest BCUT2D eigenvalue weighted by Crippen LogP contribution is -2.25. The molecule has 0 aromatic heterocycles. The van der Waals surface area contributed by atoms with Crippen LogP contribution in [0.15, 0.2) is 24.3 Å². The zero-order chi connectivity index (χ0) is 11.5. The molecule has 3 nitrogen and oxygen atoms in total. The van der Waals surface area contributed by atoms with E-state index >= 15 is 0 Å². The molecule has 0 spiro atoms. The minimum Gasteiger partial charge on any atom is -0.379 e. The smallest absolute Gasteiger partial charge is 0.0602 e. The molecule has 2 aliphatic heterocycles. The third kappa shape index (κ3) is 2.39. The third-order valence-electron chi connectivity index (χ3n) is 3.77. The van der Waals surface area contributed by atoms with Gasteiger partial charge in [0, 0.05) is 25.7 Å². The van der Waals surface area contributed by atoms with Gasteiger partial charge in [0.2, 0.25) is 0 Å². The van der Waals surface area contributed by atoms with Gasteiger partial charge in [-0.1, -0.05) is 12.1 Å². The van der Waals surface area contributed by atoms with Gasteiger partial charge in [-0.3, -0.25) is 0 Å². The number of nitrogens with one attached hydrogen (secondary N) is 2. The molecule has 0 amide bonds. The summed E-state index contributed by atoms with van der Waals surface area (Å²) in [5.74, 6) is 0. The Morgan fingerprint density at radius 1 is 1.18 bits per heavy atom. The first-order valence-corrected chi connectivity index (χ1v) is 6.75. The lowest BCUT2D eigenvalue weighted by atomic mass is 10.2. The molecule has 3 heteroatoms. The molecule has 3 rings (SSSR count). The Morgan fingerprint density at radius 2 is 2.00 bits per heavy atom. The van der Waals surface area contributed by atoms with E-state index in [0.29, 0.717) is 6.04 Å². The van der Waals surface area contributed by atoms with Crippen molar-refractivity contribution in [1.82, 2.24) is 5.32 Å². The van der Waals surface area contributed by atoms with Crippen LogP contribution in [0.25, 0.3) is 0 Å². The van der Waals surface area contributed by atoms with Gasteiger partial charge >= 0.3 is 0 Å². The van der Waals surface area contributed by atoms with Crippen LogP contribution in [0.5, 0.6) is 0 Å². The van der Waals surface area contributed by atoms with Crippen LogP contribution < -0.4 is 15.5 Å². The van der Waals surface area contributed by atoms with Gasteiger partial charge in [0.25, 0.3) is 0 Å². The molecule has 2 saturated heterocycles. The van der Waals surface area contributed by atoms with Crippen molar-refractivity contribution in [3.8, 4) is 0 Å². The molecule has 0 aliphatic carbocycles. The first kappa shape index (κ1) is 10.9. The highest BCUT2D eigenvalue weighted by atomic mass is 15.2. The van der Waals surface area contributed by atoms with Crippen LogP contribution in [-0.2, 0) is 0 Å². The molecule has 2 N–H and O–H groups in total. The fourth-order valence-electron chi connectivity index (χ4n) is 2.83. The first-order valence-electron chi connectivity index (χ1n) is 6.75. The molecule has 17 heavy (non-hydrogen) atoms. The van der Waals surface area contributed by atoms with Gasteiger partial charge in [-0.05, 0) is 37.9 Å². The highest BCUT2D eigenvalue weighted by Gasteiger charge is 2.18. The number of anilines is 2. The highest BCUT2D eigenvalue weighted by molar-refractivity contribution is 5.70. The standard InChI is InChI=1S/C14H21N3/c1-2-6-14(17-9-3-4-10-17)13(5-1)16-12-7-8-15-11-12/h1-2,5-6,12,15-16H,3-4,7-11H2. The van der Waals surface area contributed by atoms with E-state index in [4.69, 9.17) is 0 Å². The Morgan fingerprint density at radius 3 is 2.76 bits per heavy atom. The zero-order valence-corrected chi connectivity index (χ0v) is 10.3. The second-order valence-electron chi connectivity index (χ2n) is 5.05. The summed E-state index contributed by atoms with van der Waals surface area (Å²) in [5.41, 5.74) is 2.69. The zero-order valence-electron chi connectivity index (χ0n) is 10.3. The quantitative estimate of drug-likeness (QED) is 0.834. The fourth-order valence-corrected chi connectivity index (χ4v) is 2.83. The molecule has 2 heterocycles. The lowest BCUT2D eigenvalue weighted by molar-refractivity contribution is 0.792. The minimum absolute atomic E-state index is 0.596. The Kier molecular flexibility index (Phi) is 3.18. The molecule has 1 atom stereocenters. The third-order valence-corrected chi connectivity index (χ3v) is 3.77. The second-order valence-corrected chi connectivity index (χ2v) is 5.05. The van der Waals surface area contributed by atoms with E-state index in [0.717, 1.165) is 13.1 Å². The van der Waals surface area contributed by atoms with E-state index in [1.165, 1.54) is 43.7 Å². The summed E-state index contributed by atoms with van der Waals surface area (Å²) in [5, 5.41) is 7.09. The van der Waals surface area contributed by atoms with Crippen LogP contribution in [-0.4, -0.2) is 32.2 Å². The molecule has 92 valence electrons. The normalized spacial score (nSPS) is 24.2. The van der Waals surface area contributed by atoms with Crippen LogP contribution >= 0.6 is 0 Å². The van der Waals surface area contributed by atoms with E-state index in [1.54, 1.807) is 0 Å². The number of rotatable bonds is 3. The van der Waals surface area contributed by atoms with Crippen molar-refractivity contribution in [3.05, 3.63) is 24.3 Å². The topological polar surface area (TPSA) is 27.3 Å². The largest absolute Gasteiger partial charge is 0.379 e. The predicted molar refractivity (Wildman–Crippen MR) is 72.8 cm³/mol. The molecular weight excluding hydrogens is 210 g/mol. The van der Waals surface area contributed by atoms with Crippen molar-refractivity contribution >= 4 is 11.4 Å². The van der Waals surface area contributed by atoms with Gasteiger partial charge < -0.3 is 15.5 Å². The molecule has 0 saturated carbocycles. The molecule has 0 bridgehead atoms. The maximum Gasteiger partial charge on any atom is 0.0602 e. The first-order chi connectivity index (χ1) is 8.43. The average Bonchev–Trinajstić information content (AvgIpc) is 3.01. The minimum atomic E-state index is 0.596. The van der Waals surface area contributed by atoms with Gasteiger partial charge in [-0.15, -0.1) is 0 Å². The summed E-state index contributed by atoms with van der Waals surface area (Å²) >= 11 is 0. The number of para-hydroxylation sites is 2. The Balaban J connectivity index is 1.77.